The first kappa shape index (κ1) is 14.6. The van der Waals surface area contributed by atoms with Gasteiger partial charge in [0.25, 0.3) is 0 Å². The van der Waals surface area contributed by atoms with Crippen LogP contribution in [-0.2, 0) is 11.2 Å². The number of rotatable bonds is 3. The minimum Gasteiger partial charge on any atom is -0.444 e. The number of hydrogen-bond donors (Lipinski definition) is 1. The molecule has 1 rings (SSSR count). The molecule has 0 unspecified atom stereocenters. The van der Waals surface area contributed by atoms with Crippen LogP contribution >= 0.6 is 0 Å². The molecule has 0 aliphatic carbocycles. The van der Waals surface area contributed by atoms with Crippen LogP contribution in [0.5, 0.6) is 0 Å². The standard InChI is InChI=1S/C15H23NO2/c1-11(2)9-12-7-6-8-13(10-12)16-14(17)18-15(3,4)5/h6-8,10-11H,9H2,1-5H3,(H,16,17). The summed E-state index contributed by atoms with van der Waals surface area (Å²) in [5.41, 5.74) is 1.53. The van der Waals surface area contributed by atoms with E-state index in [1.54, 1.807) is 0 Å². The van der Waals surface area contributed by atoms with Crippen LogP contribution in [0.3, 0.4) is 0 Å². The minimum atomic E-state index is -0.473. The van der Waals surface area contributed by atoms with E-state index in [0.29, 0.717) is 5.92 Å². The smallest absolute Gasteiger partial charge is 0.412 e. The highest BCUT2D eigenvalue weighted by Crippen LogP contribution is 2.15. The van der Waals surface area contributed by atoms with Gasteiger partial charge in [-0.3, -0.25) is 5.32 Å². The van der Waals surface area contributed by atoms with Crippen molar-refractivity contribution >= 4 is 11.8 Å². The van der Waals surface area contributed by atoms with E-state index in [4.69, 9.17) is 4.74 Å². The first-order valence-electron chi connectivity index (χ1n) is 6.35. The number of benzene rings is 1. The second kappa shape index (κ2) is 5.89. The summed E-state index contributed by atoms with van der Waals surface area (Å²) < 4.78 is 5.21. The third-order valence-electron chi connectivity index (χ3n) is 2.22. The van der Waals surface area contributed by atoms with Crippen LogP contribution in [0.15, 0.2) is 24.3 Å². The fraction of sp³-hybridized carbons (Fsp3) is 0.533. The Hall–Kier alpha value is -1.51. The predicted molar refractivity (Wildman–Crippen MR) is 74.8 cm³/mol. The van der Waals surface area contributed by atoms with Gasteiger partial charge in [-0.15, -0.1) is 0 Å². The largest absolute Gasteiger partial charge is 0.444 e. The van der Waals surface area contributed by atoms with Gasteiger partial charge in [-0.05, 0) is 50.8 Å². The van der Waals surface area contributed by atoms with Crippen molar-refractivity contribution in [3.8, 4) is 0 Å². The molecule has 18 heavy (non-hydrogen) atoms. The average Bonchev–Trinajstić information content (AvgIpc) is 2.13. The van der Waals surface area contributed by atoms with Crippen LogP contribution in [0, 0.1) is 5.92 Å². The van der Waals surface area contributed by atoms with E-state index in [-0.39, 0.29) is 0 Å². The molecule has 0 aliphatic rings. The molecule has 0 atom stereocenters. The zero-order chi connectivity index (χ0) is 13.8. The lowest BCUT2D eigenvalue weighted by molar-refractivity contribution is 0.0636. The highest BCUT2D eigenvalue weighted by molar-refractivity contribution is 5.84. The average molecular weight is 249 g/mol. The predicted octanol–water partition coefficient (Wildman–Crippen LogP) is 4.23. The van der Waals surface area contributed by atoms with E-state index in [0.717, 1.165) is 12.1 Å². The van der Waals surface area contributed by atoms with Gasteiger partial charge in [0.1, 0.15) is 5.60 Å². The number of amides is 1. The van der Waals surface area contributed by atoms with Gasteiger partial charge in [-0.2, -0.15) is 0 Å². The molecule has 0 saturated heterocycles. The van der Waals surface area contributed by atoms with Gasteiger partial charge >= 0.3 is 6.09 Å². The number of carbonyl (C=O) groups is 1. The van der Waals surface area contributed by atoms with E-state index in [2.05, 4.69) is 25.2 Å². The molecule has 1 N–H and O–H groups in total. The van der Waals surface area contributed by atoms with Gasteiger partial charge < -0.3 is 4.74 Å². The fourth-order valence-corrected chi connectivity index (χ4v) is 1.67. The van der Waals surface area contributed by atoms with Crippen molar-refractivity contribution in [1.29, 1.82) is 0 Å². The fourth-order valence-electron chi connectivity index (χ4n) is 1.67. The van der Waals surface area contributed by atoms with Crippen LogP contribution < -0.4 is 5.32 Å². The molecule has 100 valence electrons. The molecule has 3 nitrogen and oxygen atoms in total. The lowest BCUT2D eigenvalue weighted by Gasteiger charge is -2.19. The molecule has 0 radical (unpaired) electrons. The van der Waals surface area contributed by atoms with Crippen LogP contribution in [0.25, 0.3) is 0 Å². The summed E-state index contributed by atoms with van der Waals surface area (Å²) >= 11 is 0. The molecular weight excluding hydrogens is 226 g/mol. The second-order valence-corrected chi connectivity index (χ2v) is 5.93. The van der Waals surface area contributed by atoms with Gasteiger partial charge in [-0.25, -0.2) is 4.79 Å². The Balaban J connectivity index is 2.65. The summed E-state index contributed by atoms with van der Waals surface area (Å²) in [6.45, 7) is 9.90. The van der Waals surface area contributed by atoms with Gasteiger partial charge in [0, 0.05) is 5.69 Å². The molecule has 0 aromatic heterocycles. The van der Waals surface area contributed by atoms with Crippen molar-refractivity contribution in [3.63, 3.8) is 0 Å². The Bertz CT molecular complexity index is 405. The van der Waals surface area contributed by atoms with Crippen molar-refractivity contribution in [1.82, 2.24) is 0 Å². The molecule has 0 aliphatic heterocycles. The zero-order valence-corrected chi connectivity index (χ0v) is 11.9. The summed E-state index contributed by atoms with van der Waals surface area (Å²) in [5, 5.41) is 2.75. The van der Waals surface area contributed by atoms with Crippen molar-refractivity contribution in [2.75, 3.05) is 5.32 Å². The Labute approximate surface area is 110 Å². The third-order valence-corrected chi connectivity index (χ3v) is 2.22. The second-order valence-electron chi connectivity index (χ2n) is 5.93. The molecule has 3 heteroatoms. The third kappa shape index (κ3) is 5.71. The highest BCUT2D eigenvalue weighted by Gasteiger charge is 2.16. The van der Waals surface area contributed by atoms with Crippen LogP contribution in [0.1, 0.15) is 40.2 Å². The number of hydrogen-bond acceptors (Lipinski definition) is 2. The normalized spacial score (nSPS) is 11.4. The SMILES string of the molecule is CC(C)Cc1cccc(NC(=O)OC(C)(C)C)c1. The molecular formula is C15H23NO2. The Morgan fingerprint density at radius 3 is 2.56 bits per heavy atom. The van der Waals surface area contributed by atoms with Crippen molar-refractivity contribution in [2.45, 2.75) is 46.6 Å². The van der Waals surface area contributed by atoms with Crippen molar-refractivity contribution < 1.29 is 9.53 Å². The summed E-state index contributed by atoms with van der Waals surface area (Å²) in [5.74, 6) is 0.599. The topological polar surface area (TPSA) is 38.3 Å². The number of nitrogens with one attached hydrogen (secondary N) is 1. The highest BCUT2D eigenvalue weighted by atomic mass is 16.6. The maximum absolute atomic E-state index is 11.6. The summed E-state index contributed by atoms with van der Waals surface area (Å²) in [7, 11) is 0. The van der Waals surface area contributed by atoms with E-state index >= 15 is 0 Å². The van der Waals surface area contributed by atoms with Crippen LogP contribution in [0.4, 0.5) is 10.5 Å². The first-order valence-corrected chi connectivity index (χ1v) is 6.35. The molecule has 0 saturated carbocycles. The number of ether oxygens (including phenoxy) is 1. The summed E-state index contributed by atoms with van der Waals surface area (Å²) in [6, 6.07) is 7.88. The van der Waals surface area contributed by atoms with Crippen molar-refractivity contribution in [2.24, 2.45) is 5.92 Å². The summed E-state index contributed by atoms with van der Waals surface area (Å²) in [6.07, 6.45) is 0.591. The van der Waals surface area contributed by atoms with Crippen molar-refractivity contribution in [3.05, 3.63) is 29.8 Å². The van der Waals surface area contributed by atoms with Gasteiger partial charge in [-0.1, -0.05) is 26.0 Å². The zero-order valence-electron chi connectivity index (χ0n) is 11.9. The van der Waals surface area contributed by atoms with E-state index < -0.39 is 11.7 Å². The van der Waals surface area contributed by atoms with Crippen LogP contribution in [0.2, 0.25) is 0 Å². The molecule has 1 aromatic rings. The number of carbonyl (C=O) groups excluding carboxylic acids is 1. The lowest BCUT2D eigenvalue weighted by Crippen LogP contribution is -2.27. The van der Waals surface area contributed by atoms with Crippen LogP contribution in [-0.4, -0.2) is 11.7 Å². The summed E-state index contributed by atoms with van der Waals surface area (Å²) in [4.78, 5) is 11.6. The Morgan fingerprint density at radius 2 is 2.00 bits per heavy atom. The lowest BCUT2D eigenvalue weighted by atomic mass is 10.0. The first-order chi connectivity index (χ1) is 8.26. The van der Waals surface area contributed by atoms with E-state index in [1.807, 2.05) is 39.0 Å². The molecule has 0 heterocycles. The van der Waals surface area contributed by atoms with E-state index in [1.165, 1.54) is 5.56 Å². The van der Waals surface area contributed by atoms with E-state index in [9.17, 15) is 4.79 Å². The Kier molecular flexibility index (Phi) is 4.76. The molecule has 1 aromatic carbocycles. The Morgan fingerprint density at radius 1 is 1.33 bits per heavy atom. The van der Waals surface area contributed by atoms with Gasteiger partial charge in [0.05, 0.1) is 0 Å². The monoisotopic (exact) mass is 249 g/mol. The molecule has 0 bridgehead atoms. The quantitative estimate of drug-likeness (QED) is 0.870. The maximum atomic E-state index is 11.6. The molecule has 0 fully saturated rings. The van der Waals surface area contributed by atoms with Gasteiger partial charge in [0.15, 0.2) is 0 Å². The molecule has 0 spiro atoms. The maximum Gasteiger partial charge on any atom is 0.412 e. The number of anilines is 1. The van der Waals surface area contributed by atoms with Gasteiger partial charge in [0.2, 0.25) is 0 Å². The molecule has 1 amide bonds. The minimum absolute atomic E-state index is 0.413.